The van der Waals surface area contributed by atoms with Gasteiger partial charge in [0.2, 0.25) is 5.91 Å². The minimum absolute atomic E-state index is 0.241. The molecule has 0 saturated carbocycles. The second-order valence-corrected chi connectivity index (χ2v) is 7.15. The molecule has 0 aromatic heterocycles. The molecule has 0 radical (unpaired) electrons. The Labute approximate surface area is 164 Å². The number of hydrogen-bond acceptors (Lipinski definition) is 5. The molecule has 0 aliphatic carbocycles. The average molecular weight is 389 g/mol. The van der Waals surface area contributed by atoms with E-state index in [0.717, 1.165) is 16.0 Å². The van der Waals surface area contributed by atoms with E-state index >= 15 is 0 Å². The van der Waals surface area contributed by atoms with Gasteiger partial charge in [0.15, 0.2) is 11.5 Å². The van der Waals surface area contributed by atoms with E-state index in [1.165, 1.54) is 0 Å². The molecule has 2 aliphatic heterocycles. The lowest BCUT2D eigenvalue weighted by molar-refractivity contribution is -0.139. The van der Waals surface area contributed by atoms with E-state index in [1.54, 1.807) is 19.1 Å². The van der Waals surface area contributed by atoms with Crippen LogP contribution in [0.4, 0.5) is 4.79 Å². The molecule has 3 rings (SSSR count). The summed E-state index contributed by atoms with van der Waals surface area (Å²) in [6.07, 6.45) is 1.67. The van der Waals surface area contributed by atoms with Crippen molar-refractivity contribution in [2.45, 2.75) is 45.2 Å². The predicted molar refractivity (Wildman–Crippen MR) is 102 cm³/mol. The Morgan fingerprint density at radius 3 is 2.25 bits per heavy atom. The van der Waals surface area contributed by atoms with Crippen LogP contribution < -0.4 is 14.8 Å². The molecule has 8 heteroatoms. The third-order valence-electron chi connectivity index (χ3n) is 5.82. The summed E-state index contributed by atoms with van der Waals surface area (Å²) in [4.78, 5) is 40.5. The van der Waals surface area contributed by atoms with Crippen molar-refractivity contribution in [3.05, 3.63) is 23.3 Å². The molecule has 1 aromatic rings. The van der Waals surface area contributed by atoms with E-state index in [9.17, 15) is 14.4 Å². The zero-order chi connectivity index (χ0) is 20.5. The lowest BCUT2D eigenvalue weighted by atomic mass is 9.93. The molecule has 0 spiro atoms. The van der Waals surface area contributed by atoms with E-state index in [1.807, 2.05) is 26.0 Å². The minimum atomic E-state index is -0.893. The molecule has 1 fully saturated rings. The Bertz CT molecular complexity index is 803. The van der Waals surface area contributed by atoms with Gasteiger partial charge in [0.25, 0.3) is 5.91 Å². The lowest BCUT2D eigenvalue weighted by Crippen LogP contribution is -2.47. The molecule has 0 unspecified atom stereocenters. The van der Waals surface area contributed by atoms with Gasteiger partial charge in [0, 0.05) is 13.1 Å². The van der Waals surface area contributed by atoms with Gasteiger partial charge in [0.05, 0.1) is 14.2 Å². The van der Waals surface area contributed by atoms with Crippen LogP contribution in [0.3, 0.4) is 0 Å². The van der Waals surface area contributed by atoms with Crippen molar-refractivity contribution >= 4 is 17.8 Å². The van der Waals surface area contributed by atoms with Crippen LogP contribution >= 0.6 is 0 Å². The summed E-state index contributed by atoms with van der Waals surface area (Å²) in [7, 11) is 3.16. The summed E-state index contributed by atoms with van der Waals surface area (Å²) in [5, 5.41) is 2.75. The van der Waals surface area contributed by atoms with Gasteiger partial charge < -0.3 is 19.7 Å². The molecule has 0 atom stereocenters. The van der Waals surface area contributed by atoms with Crippen LogP contribution in [0.2, 0.25) is 0 Å². The highest BCUT2D eigenvalue weighted by Gasteiger charge is 2.49. The maximum absolute atomic E-state index is 12.8. The zero-order valence-corrected chi connectivity index (χ0v) is 16.8. The normalized spacial score (nSPS) is 18.0. The Balaban J connectivity index is 1.73. The van der Waals surface area contributed by atoms with E-state index in [2.05, 4.69) is 5.32 Å². The summed E-state index contributed by atoms with van der Waals surface area (Å²) >= 11 is 0. The molecule has 1 N–H and O–H groups in total. The van der Waals surface area contributed by atoms with Gasteiger partial charge >= 0.3 is 6.03 Å². The van der Waals surface area contributed by atoms with Crippen LogP contribution in [-0.2, 0) is 22.6 Å². The van der Waals surface area contributed by atoms with Crippen molar-refractivity contribution in [1.29, 1.82) is 0 Å². The van der Waals surface area contributed by atoms with Crippen molar-refractivity contribution in [3.8, 4) is 11.5 Å². The Hall–Kier alpha value is -2.77. The van der Waals surface area contributed by atoms with Crippen LogP contribution in [0.25, 0.3) is 0 Å². The summed E-state index contributed by atoms with van der Waals surface area (Å²) in [6.45, 7) is 4.41. The number of imide groups is 1. The fourth-order valence-electron chi connectivity index (χ4n) is 3.88. The molecule has 152 valence electrons. The second kappa shape index (κ2) is 7.69. The first-order valence-corrected chi connectivity index (χ1v) is 9.54. The second-order valence-electron chi connectivity index (χ2n) is 7.15. The number of methoxy groups -OCH3 is 2. The third kappa shape index (κ3) is 3.27. The Morgan fingerprint density at radius 2 is 1.71 bits per heavy atom. The molecule has 4 amide bonds. The number of carbonyl (C=O) groups is 3. The number of fused-ring (bicyclic) bond motifs is 1. The van der Waals surface area contributed by atoms with Crippen LogP contribution in [0.1, 0.15) is 37.8 Å². The van der Waals surface area contributed by atoms with Gasteiger partial charge in [-0.2, -0.15) is 0 Å². The standard InChI is InChI=1S/C20H27N3O5/c1-5-20(6-2)18(25)23(19(26)21-20)12-17(24)22-8-7-13-9-15(27-3)16(28-4)10-14(13)11-22/h9-10H,5-8,11-12H2,1-4H3,(H,21,26). The number of hydrogen-bond donors (Lipinski definition) is 1. The highest BCUT2D eigenvalue weighted by molar-refractivity contribution is 6.09. The highest BCUT2D eigenvalue weighted by Crippen LogP contribution is 2.33. The minimum Gasteiger partial charge on any atom is -0.493 e. The predicted octanol–water partition coefficient (Wildman–Crippen LogP) is 1.70. The molecule has 2 heterocycles. The van der Waals surface area contributed by atoms with Crippen molar-refractivity contribution in [3.63, 3.8) is 0 Å². The Kier molecular flexibility index (Phi) is 5.49. The SMILES string of the molecule is CCC1(CC)NC(=O)N(CC(=O)N2CCc3cc(OC)c(OC)cc3C2)C1=O. The molecular formula is C20H27N3O5. The summed E-state index contributed by atoms with van der Waals surface area (Å²) < 4.78 is 10.7. The zero-order valence-electron chi connectivity index (χ0n) is 16.8. The topological polar surface area (TPSA) is 88.2 Å². The maximum atomic E-state index is 12.8. The van der Waals surface area contributed by atoms with Crippen LogP contribution in [0, 0.1) is 0 Å². The highest BCUT2D eigenvalue weighted by atomic mass is 16.5. The summed E-state index contributed by atoms with van der Waals surface area (Å²) in [5.41, 5.74) is 1.19. The number of nitrogens with one attached hydrogen (secondary N) is 1. The molecule has 1 aromatic carbocycles. The van der Waals surface area contributed by atoms with E-state index in [4.69, 9.17) is 9.47 Å². The van der Waals surface area contributed by atoms with Crippen LogP contribution in [0.5, 0.6) is 11.5 Å². The smallest absolute Gasteiger partial charge is 0.325 e. The monoisotopic (exact) mass is 389 g/mol. The molecular weight excluding hydrogens is 362 g/mol. The van der Waals surface area contributed by atoms with Gasteiger partial charge in [-0.15, -0.1) is 0 Å². The van der Waals surface area contributed by atoms with Crippen molar-refractivity contribution in [2.75, 3.05) is 27.3 Å². The van der Waals surface area contributed by atoms with Crippen molar-refractivity contribution in [1.82, 2.24) is 15.1 Å². The molecule has 0 bridgehead atoms. The average Bonchev–Trinajstić information content (AvgIpc) is 2.96. The quantitative estimate of drug-likeness (QED) is 0.748. The van der Waals surface area contributed by atoms with Gasteiger partial charge in [-0.25, -0.2) is 4.79 Å². The first kappa shape index (κ1) is 20.0. The summed E-state index contributed by atoms with van der Waals surface area (Å²) in [5.74, 6) is 0.711. The number of carbonyl (C=O) groups excluding carboxylic acids is 3. The number of rotatable bonds is 6. The van der Waals surface area contributed by atoms with Crippen molar-refractivity contribution < 1.29 is 23.9 Å². The number of urea groups is 1. The van der Waals surface area contributed by atoms with Crippen LogP contribution in [0.15, 0.2) is 12.1 Å². The Morgan fingerprint density at radius 1 is 1.11 bits per heavy atom. The van der Waals surface area contributed by atoms with Gasteiger partial charge in [0.1, 0.15) is 12.1 Å². The maximum Gasteiger partial charge on any atom is 0.325 e. The fourth-order valence-corrected chi connectivity index (χ4v) is 3.88. The number of amides is 4. The summed E-state index contributed by atoms with van der Waals surface area (Å²) in [6, 6.07) is 3.32. The number of benzene rings is 1. The molecule has 8 nitrogen and oxygen atoms in total. The van der Waals surface area contributed by atoms with Gasteiger partial charge in [-0.05, 0) is 42.5 Å². The first-order chi connectivity index (χ1) is 13.4. The molecule has 1 saturated heterocycles. The number of ether oxygens (including phenoxy) is 2. The van der Waals surface area contributed by atoms with Crippen LogP contribution in [-0.4, -0.2) is 60.5 Å². The first-order valence-electron chi connectivity index (χ1n) is 9.54. The third-order valence-corrected chi connectivity index (χ3v) is 5.82. The van der Waals surface area contributed by atoms with Crippen molar-refractivity contribution in [2.24, 2.45) is 0 Å². The molecule has 2 aliphatic rings. The van der Waals surface area contributed by atoms with Gasteiger partial charge in [-0.3, -0.25) is 14.5 Å². The lowest BCUT2D eigenvalue weighted by Gasteiger charge is -2.30. The largest absolute Gasteiger partial charge is 0.493 e. The van der Waals surface area contributed by atoms with E-state index in [-0.39, 0.29) is 18.4 Å². The molecule has 28 heavy (non-hydrogen) atoms. The van der Waals surface area contributed by atoms with Gasteiger partial charge in [-0.1, -0.05) is 13.8 Å². The van der Waals surface area contributed by atoms with E-state index in [0.29, 0.717) is 43.9 Å². The number of nitrogens with zero attached hydrogens (tertiary/aromatic N) is 2. The van der Waals surface area contributed by atoms with E-state index < -0.39 is 11.6 Å². The fraction of sp³-hybridized carbons (Fsp3) is 0.550.